The number of rotatable bonds is 1. The van der Waals surface area contributed by atoms with Crippen LogP contribution in [0.25, 0.3) is 0 Å². The number of amides is 1. The summed E-state index contributed by atoms with van der Waals surface area (Å²) in [4.78, 5) is 22.5. The van der Waals surface area contributed by atoms with E-state index in [1.165, 1.54) is 6.07 Å². The van der Waals surface area contributed by atoms with Crippen LogP contribution in [0.1, 0.15) is 20.7 Å². The van der Waals surface area contributed by atoms with Crippen LogP contribution in [0.15, 0.2) is 18.2 Å². The molecule has 1 aliphatic heterocycles. The van der Waals surface area contributed by atoms with Crippen molar-refractivity contribution in [2.75, 3.05) is 13.2 Å². The van der Waals surface area contributed by atoms with Gasteiger partial charge in [-0.2, -0.15) is 0 Å². The molecule has 0 aliphatic carbocycles. The van der Waals surface area contributed by atoms with Crippen molar-refractivity contribution in [3.63, 3.8) is 0 Å². The summed E-state index contributed by atoms with van der Waals surface area (Å²) >= 11 is 0. The highest BCUT2D eigenvalue weighted by Crippen LogP contribution is 2.23. The molecule has 5 nitrogen and oxygen atoms in total. The van der Waals surface area contributed by atoms with Gasteiger partial charge in [-0.15, -0.1) is 0 Å². The first-order chi connectivity index (χ1) is 7.20. The van der Waals surface area contributed by atoms with Crippen molar-refractivity contribution in [2.24, 2.45) is 0 Å². The van der Waals surface area contributed by atoms with Gasteiger partial charge in [-0.05, 0) is 12.1 Å². The Kier molecular flexibility index (Phi) is 2.29. The minimum Gasteiger partial charge on any atom is -0.491 e. The number of carbonyl (C=O) groups is 2. The molecule has 0 saturated carbocycles. The van der Waals surface area contributed by atoms with Crippen molar-refractivity contribution >= 4 is 11.9 Å². The van der Waals surface area contributed by atoms with Crippen molar-refractivity contribution in [2.45, 2.75) is 0 Å². The van der Waals surface area contributed by atoms with Crippen molar-refractivity contribution < 1.29 is 19.4 Å². The zero-order chi connectivity index (χ0) is 10.8. The van der Waals surface area contributed by atoms with Gasteiger partial charge in [0.1, 0.15) is 12.4 Å². The van der Waals surface area contributed by atoms with Gasteiger partial charge in [0.15, 0.2) is 0 Å². The maximum atomic E-state index is 11.6. The molecule has 0 aromatic heterocycles. The van der Waals surface area contributed by atoms with E-state index in [2.05, 4.69) is 5.32 Å². The lowest BCUT2D eigenvalue weighted by Crippen LogP contribution is -2.25. The number of carbonyl (C=O) groups excluding carboxylic acids is 1. The number of carboxylic acid groups (broad SMARTS) is 1. The number of hydrogen-bond donors (Lipinski definition) is 2. The number of ether oxygens (including phenoxy) is 1. The molecule has 1 amide bonds. The van der Waals surface area contributed by atoms with Crippen molar-refractivity contribution in [3.05, 3.63) is 29.3 Å². The Morgan fingerprint density at radius 2 is 2.27 bits per heavy atom. The second-order valence-electron chi connectivity index (χ2n) is 3.09. The molecule has 0 saturated heterocycles. The summed E-state index contributed by atoms with van der Waals surface area (Å²) in [6, 6.07) is 4.53. The zero-order valence-corrected chi connectivity index (χ0v) is 7.82. The van der Waals surface area contributed by atoms with Crippen molar-refractivity contribution in [1.82, 2.24) is 5.32 Å². The quantitative estimate of drug-likeness (QED) is 0.703. The largest absolute Gasteiger partial charge is 0.491 e. The summed E-state index contributed by atoms with van der Waals surface area (Å²) in [5, 5.41) is 11.5. The second kappa shape index (κ2) is 3.61. The van der Waals surface area contributed by atoms with Gasteiger partial charge in [0.2, 0.25) is 0 Å². The molecule has 0 fully saturated rings. The fraction of sp³-hybridized carbons (Fsp3) is 0.200. The highest BCUT2D eigenvalue weighted by Gasteiger charge is 2.23. The zero-order valence-electron chi connectivity index (χ0n) is 7.82. The third-order valence-electron chi connectivity index (χ3n) is 2.13. The van der Waals surface area contributed by atoms with E-state index >= 15 is 0 Å². The summed E-state index contributed by atoms with van der Waals surface area (Å²) in [6.45, 7) is 0.731. The molecule has 5 heteroatoms. The van der Waals surface area contributed by atoms with Crippen LogP contribution in [0, 0.1) is 0 Å². The first-order valence-electron chi connectivity index (χ1n) is 4.47. The first kappa shape index (κ1) is 9.51. The van der Waals surface area contributed by atoms with Gasteiger partial charge in [-0.3, -0.25) is 4.79 Å². The fourth-order valence-electron chi connectivity index (χ4n) is 1.48. The topological polar surface area (TPSA) is 75.6 Å². The molecule has 78 valence electrons. The minimum atomic E-state index is -1.13. The Hall–Kier alpha value is -2.04. The fourth-order valence-corrected chi connectivity index (χ4v) is 1.48. The van der Waals surface area contributed by atoms with Gasteiger partial charge in [0, 0.05) is 0 Å². The van der Waals surface area contributed by atoms with Crippen LogP contribution < -0.4 is 10.1 Å². The molecule has 0 atom stereocenters. The number of aromatic carboxylic acids is 1. The van der Waals surface area contributed by atoms with Crippen LogP contribution in [0.5, 0.6) is 5.75 Å². The molecule has 2 rings (SSSR count). The molecule has 0 bridgehead atoms. The van der Waals surface area contributed by atoms with Gasteiger partial charge in [0.25, 0.3) is 5.91 Å². The normalized spacial score (nSPS) is 14.5. The lowest BCUT2D eigenvalue weighted by atomic mass is 10.1. The number of carboxylic acids is 1. The highest BCUT2D eigenvalue weighted by molar-refractivity contribution is 6.07. The van der Waals surface area contributed by atoms with Crippen LogP contribution in [-0.4, -0.2) is 30.1 Å². The Morgan fingerprint density at radius 3 is 3.00 bits per heavy atom. The second-order valence-corrected chi connectivity index (χ2v) is 3.09. The Morgan fingerprint density at radius 1 is 1.47 bits per heavy atom. The average molecular weight is 207 g/mol. The Labute approximate surface area is 85.7 Å². The van der Waals surface area contributed by atoms with Crippen LogP contribution in [0.3, 0.4) is 0 Å². The third kappa shape index (κ3) is 1.63. The van der Waals surface area contributed by atoms with Gasteiger partial charge < -0.3 is 15.2 Å². The number of fused-ring (bicyclic) bond motifs is 1. The lowest BCUT2D eigenvalue weighted by Gasteiger charge is -2.07. The summed E-state index contributed by atoms with van der Waals surface area (Å²) in [5.74, 6) is -1.21. The Balaban J connectivity index is 2.60. The van der Waals surface area contributed by atoms with E-state index < -0.39 is 11.9 Å². The third-order valence-corrected chi connectivity index (χ3v) is 2.13. The van der Waals surface area contributed by atoms with Gasteiger partial charge >= 0.3 is 5.97 Å². The monoisotopic (exact) mass is 207 g/mol. The summed E-state index contributed by atoms with van der Waals surface area (Å²) in [7, 11) is 0. The highest BCUT2D eigenvalue weighted by atomic mass is 16.5. The summed E-state index contributed by atoms with van der Waals surface area (Å²) < 4.78 is 5.26. The molecule has 1 aromatic rings. The summed E-state index contributed by atoms with van der Waals surface area (Å²) in [5.41, 5.74) is 0.0643. The minimum absolute atomic E-state index is 0.0353. The number of hydrogen-bond acceptors (Lipinski definition) is 3. The molecule has 1 aromatic carbocycles. The molecule has 0 unspecified atom stereocenters. The lowest BCUT2D eigenvalue weighted by molar-refractivity contribution is 0.0691. The van der Waals surface area contributed by atoms with Gasteiger partial charge in [-0.1, -0.05) is 6.07 Å². The van der Waals surface area contributed by atoms with E-state index in [1.54, 1.807) is 12.1 Å². The number of benzene rings is 1. The smallest absolute Gasteiger partial charge is 0.336 e. The van der Waals surface area contributed by atoms with Crippen LogP contribution in [0.4, 0.5) is 0 Å². The molecule has 2 N–H and O–H groups in total. The van der Waals surface area contributed by atoms with Gasteiger partial charge in [-0.25, -0.2) is 4.79 Å². The summed E-state index contributed by atoms with van der Waals surface area (Å²) in [6.07, 6.45) is 0. The van der Waals surface area contributed by atoms with Crippen molar-refractivity contribution in [3.8, 4) is 5.75 Å². The maximum absolute atomic E-state index is 11.6. The van der Waals surface area contributed by atoms with Gasteiger partial charge in [0.05, 0.1) is 17.7 Å². The molecule has 0 radical (unpaired) electrons. The first-order valence-corrected chi connectivity index (χ1v) is 4.47. The SMILES string of the molecule is O=C(O)c1cccc2c1C(=O)NCCO2. The maximum Gasteiger partial charge on any atom is 0.336 e. The molecule has 15 heavy (non-hydrogen) atoms. The molecule has 1 heterocycles. The predicted molar refractivity (Wildman–Crippen MR) is 51.2 cm³/mol. The Bertz CT molecular complexity index is 427. The van der Waals surface area contributed by atoms with E-state index in [1.807, 2.05) is 0 Å². The average Bonchev–Trinajstić information content (AvgIpc) is 2.40. The van der Waals surface area contributed by atoms with Crippen LogP contribution >= 0.6 is 0 Å². The standard InChI is InChI=1S/C10H9NO4/c12-9-8-6(10(13)14)2-1-3-7(8)15-5-4-11-9/h1-3H,4-5H2,(H,11,12)(H,13,14). The predicted octanol–water partition coefficient (Wildman–Crippen LogP) is 0.507. The van der Waals surface area contributed by atoms with Crippen LogP contribution in [-0.2, 0) is 0 Å². The van der Waals surface area contributed by atoms with Crippen LogP contribution in [0.2, 0.25) is 0 Å². The molecule has 1 aliphatic rings. The molecular formula is C10H9NO4. The molecular weight excluding hydrogens is 198 g/mol. The number of nitrogens with one attached hydrogen (secondary N) is 1. The molecule has 0 spiro atoms. The van der Waals surface area contributed by atoms with E-state index in [0.29, 0.717) is 18.9 Å². The van der Waals surface area contributed by atoms with Crippen molar-refractivity contribution in [1.29, 1.82) is 0 Å². The van der Waals surface area contributed by atoms with E-state index in [4.69, 9.17) is 9.84 Å². The van der Waals surface area contributed by atoms with E-state index in [-0.39, 0.29) is 11.1 Å². The van der Waals surface area contributed by atoms with E-state index in [0.717, 1.165) is 0 Å². The van der Waals surface area contributed by atoms with E-state index in [9.17, 15) is 9.59 Å².